The van der Waals surface area contributed by atoms with Gasteiger partial charge in [-0.15, -0.1) is 0 Å². The van der Waals surface area contributed by atoms with Gasteiger partial charge in [-0.1, -0.05) is 66.7 Å². The molecule has 236 valence electrons. The van der Waals surface area contributed by atoms with Gasteiger partial charge in [-0.05, 0) is 63.7 Å². The van der Waals surface area contributed by atoms with E-state index in [-0.39, 0.29) is 29.7 Å². The van der Waals surface area contributed by atoms with Crippen molar-refractivity contribution in [3.05, 3.63) is 130 Å². The molecule has 0 saturated carbocycles. The molecule has 0 radical (unpaired) electrons. The maximum atomic E-state index is 14.5. The number of aliphatic carboxylic acids is 1. The van der Waals surface area contributed by atoms with Crippen LogP contribution in [-0.4, -0.2) is 42.0 Å². The highest BCUT2D eigenvalue weighted by atomic mass is 32.2. The molecule has 1 atom stereocenters. The number of carboxylic acid groups (broad SMARTS) is 1. The molecule has 0 bridgehead atoms. The number of hydrogen-bond acceptors (Lipinski definition) is 5. The van der Waals surface area contributed by atoms with Crippen molar-refractivity contribution < 1.29 is 36.2 Å². The Labute approximate surface area is 262 Å². The molecule has 1 N–H and O–H groups in total. The second kappa shape index (κ2) is 11.8. The summed E-state index contributed by atoms with van der Waals surface area (Å²) in [5, 5.41) is 11.2. The topological polar surface area (TPSA) is 106 Å². The minimum atomic E-state index is -4.75. The molecule has 0 fully saturated rings. The van der Waals surface area contributed by atoms with Crippen LogP contribution in [0.4, 0.5) is 13.2 Å². The van der Waals surface area contributed by atoms with Crippen molar-refractivity contribution >= 4 is 26.8 Å². The molecule has 12 heteroatoms. The number of carboxylic acids is 1. The zero-order chi connectivity index (χ0) is 32.8. The van der Waals surface area contributed by atoms with Gasteiger partial charge >= 0.3 is 12.1 Å². The molecule has 0 amide bonds. The summed E-state index contributed by atoms with van der Waals surface area (Å²) in [7, 11) is -3.18. The van der Waals surface area contributed by atoms with E-state index in [0.29, 0.717) is 21.4 Å². The molecular formula is C34H27F3N2O6S. The number of methoxy groups -OCH3 is 1. The van der Waals surface area contributed by atoms with Gasteiger partial charge in [-0.3, -0.25) is 9.36 Å². The molecule has 0 aliphatic carbocycles. The molecule has 1 aliphatic rings. The summed E-state index contributed by atoms with van der Waals surface area (Å²) >= 11 is 0. The number of hydrogen-bond donors (Lipinski definition) is 1. The third-order valence-electron chi connectivity index (χ3n) is 8.10. The zero-order valence-electron chi connectivity index (χ0n) is 24.4. The average molecular weight is 649 g/mol. The Morgan fingerprint density at radius 2 is 1.63 bits per heavy atom. The highest BCUT2D eigenvalue weighted by Crippen LogP contribution is 2.40. The highest BCUT2D eigenvalue weighted by Gasteiger charge is 2.43. The molecule has 0 spiro atoms. The molecule has 0 saturated heterocycles. The lowest BCUT2D eigenvalue weighted by Crippen LogP contribution is -2.49. The van der Waals surface area contributed by atoms with E-state index < -0.39 is 50.9 Å². The predicted octanol–water partition coefficient (Wildman–Crippen LogP) is 6.12. The van der Waals surface area contributed by atoms with Crippen molar-refractivity contribution in [2.24, 2.45) is 0 Å². The predicted molar refractivity (Wildman–Crippen MR) is 165 cm³/mol. The number of sulfonamides is 1. The maximum Gasteiger partial charge on any atom is 0.416 e. The van der Waals surface area contributed by atoms with Gasteiger partial charge in [0.25, 0.3) is 15.6 Å². The molecule has 46 heavy (non-hydrogen) atoms. The average Bonchev–Trinajstić information content (AvgIpc) is 3.02. The second-order valence-electron chi connectivity index (χ2n) is 11.0. The van der Waals surface area contributed by atoms with Crippen molar-refractivity contribution in [3.63, 3.8) is 0 Å². The molecule has 2 heterocycles. The minimum absolute atomic E-state index is 0.0122. The van der Waals surface area contributed by atoms with Gasteiger partial charge in [0, 0.05) is 24.7 Å². The number of benzene rings is 4. The number of rotatable bonds is 7. The maximum absolute atomic E-state index is 14.5. The van der Waals surface area contributed by atoms with Crippen LogP contribution in [0.1, 0.15) is 28.3 Å². The van der Waals surface area contributed by atoms with Gasteiger partial charge < -0.3 is 9.84 Å². The van der Waals surface area contributed by atoms with E-state index in [9.17, 15) is 36.3 Å². The molecule has 8 nitrogen and oxygen atoms in total. The number of pyridine rings is 1. The molecule has 4 aromatic carbocycles. The monoisotopic (exact) mass is 648 g/mol. The third-order valence-corrected chi connectivity index (χ3v) is 9.95. The molecule has 1 aromatic heterocycles. The van der Waals surface area contributed by atoms with Gasteiger partial charge in [0.2, 0.25) is 0 Å². The quantitative estimate of drug-likeness (QED) is 0.228. The van der Waals surface area contributed by atoms with Gasteiger partial charge in [-0.25, -0.2) is 13.2 Å². The van der Waals surface area contributed by atoms with Crippen LogP contribution >= 0.6 is 0 Å². The van der Waals surface area contributed by atoms with E-state index in [4.69, 9.17) is 4.74 Å². The van der Waals surface area contributed by atoms with Crippen molar-refractivity contribution in [2.75, 3.05) is 13.7 Å². The summed E-state index contributed by atoms with van der Waals surface area (Å²) < 4.78 is 77.5. The number of fused-ring (bicyclic) bond motifs is 2. The van der Waals surface area contributed by atoms with Gasteiger partial charge in [0.1, 0.15) is 11.8 Å². The summed E-state index contributed by atoms with van der Waals surface area (Å²) in [4.78, 5) is 26.3. The summed E-state index contributed by atoms with van der Waals surface area (Å²) in [5.41, 5.74) is -0.834. The normalized spacial score (nSPS) is 16.2. The van der Waals surface area contributed by atoms with E-state index in [1.807, 2.05) is 30.3 Å². The first-order chi connectivity index (χ1) is 21.9. The van der Waals surface area contributed by atoms with Crippen LogP contribution in [0.3, 0.4) is 0 Å². The summed E-state index contributed by atoms with van der Waals surface area (Å²) in [6.07, 6.45) is -4.76. The van der Waals surface area contributed by atoms with Crippen LogP contribution in [-0.2, 0) is 34.0 Å². The summed E-state index contributed by atoms with van der Waals surface area (Å²) in [5.74, 6) is -0.940. The van der Waals surface area contributed by atoms with E-state index in [1.54, 1.807) is 36.4 Å². The lowest BCUT2D eigenvalue weighted by molar-refractivity contribution is -0.141. The number of ether oxygens (including phenoxy) is 1. The van der Waals surface area contributed by atoms with Crippen molar-refractivity contribution in [3.8, 4) is 16.9 Å². The summed E-state index contributed by atoms with van der Waals surface area (Å²) in [6, 6.07) is 23.0. The fourth-order valence-corrected chi connectivity index (χ4v) is 7.79. The number of alkyl halides is 3. The Kier molecular flexibility index (Phi) is 7.95. The van der Waals surface area contributed by atoms with Crippen molar-refractivity contribution in [1.29, 1.82) is 0 Å². The Balaban J connectivity index is 1.63. The summed E-state index contributed by atoms with van der Waals surface area (Å²) in [6.45, 7) is -0.818. The van der Waals surface area contributed by atoms with E-state index >= 15 is 0 Å². The molecule has 1 aliphatic heterocycles. The fraction of sp³-hybridized carbons (Fsp3) is 0.176. The van der Waals surface area contributed by atoms with E-state index in [1.165, 1.54) is 13.2 Å². The lowest BCUT2D eigenvalue weighted by Gasteiger charge is -2.35. The van der Waals surface area contributed by atoms with E-state index in [0.717, 1.165) is 39.3 Å². The SMILES string of the molecule is COc1ccc(CN2C[C@H](C(=O)O)n3c(c(-c4cccc(C(F)(F)F)c4)c(Cc4cccc5ccccc45)cc3=O)S2(=O)=O)cc1. The first kappa shape index (κ1) is 31.1. The lowest BCUT2D eigenvalue weighted by atomic mass is 9.93. The smallest absolute Gasteiger partial charge is 0.416 e. The van der Waals surface area contributed by atoms with Gasteiger partial charge in [0.15, 0.2) is 5.03 Å². The largest absolute Gasteiger partial charge is 0.497 e. The van der Waals surface area contributed by atoms with Gasteiger partial charge in [-0.2, -0.15) is 17.5 Å². The fourth-order valence-electron chi connectivity index (χ4n) is 5.92. The Hall–Kier alpha value is -4.94. The standard InChI is InChI=1S/C34H27F3N2O6S/c1-45-27-14-12-21(13-15-27)19-38-20-29(33(41)42)39-30(40)18-25(16-23-8-4-7-22-6-2-3-11-28(22)23)31(32(39)46(38,43)44)24-9-5-10-26(17-24)34(35,36)37/h2-15,17-18,29H,16,19-20H2,1H3,(H,41,42)/t29-/m1/s1. The Bertz CT molecular complexity index is 2140. The number of carbonyl (C=O) groups is 1. The number of halogens is 3. The van der Waals surface area contributed by atoms with Crippen molar-refractivity contribution in [2.45, 2.75) is 30.2 Å². The van der Waals surface area contributed by atoms with Crippen molar-refractivity contribution in [1.82, 2.24) is 8.87 Å². The minimum Gasteiger partial charge on any atom is -0.497 e. The molecule has 5 aromatic rings. The highest BCUT2D eigenvalue weighted by molar-refractivity contribution is 7.89. The number of nitrogens with zero attached hydrogens (tertiary/aromatic N) is 2. The third kappa shape index (κ3) is 5.65. The first-order valence-corrected chi connectivity index (χ1v) is 15.6. The van der Waals surface area contributed by atoms with Crippen LogP contribution in [0.5, 0.6) is 5.75 Å². The molecule has 6 rings (SSSR count). The van der Waals surface area contributed by atoms with Crippen LogP contribution in [0, 0.1) is 0 Å². The Morgan fingerprint density at radius 3 is 2.33 bits per heavy atom. The first-order valence-electron chi connectivity index (χ1n) is 14.2. The Morgan fingerprint density at radius 1 is 0.935 bits per heavy atom. The molecular weight excluding hydrogens is 621 g/mol. The second-order valence-corrected chi connectivity index (χ2v) is 12.8. The van der Waals surface area contributed by atoms with Crippen LogP contribution in [0.15, 0.2) is 107 Å². The van der Waals surface area contributed by atoms with Gasteiger partial charge in [0.05, 0.1) is 12.7 Å². The van der Waals surface area contributed by atoms with Crippen LogP contribution in [0.25, 0.3) is 21.9 Å². The van der Waals surface area contributed by atoms with Crippen LogP contribution in [0.2, 0.25) is 0 Å². The molecule has 0 unspecified atom stereocenters. The number of aromatic nitrogens is 1. The van der Waals surface area contributed by atoms with E-state index in [2.05, 4.69) is 0 Å². The van der Waals surface area contributed by atoms with Crippen LogP contribution < -0.4 is 10.3 Å². The zero-order valence-corrected chi connectivity index (χ0v) is 25.2.